The fourth-order valence-corrected chi connectivity index (χ4v) is 2.77. The summed E-state index contributed by atoms with van der Waals surface area (Å²) in [6, 6.07) is 7.35. The summed E-state index contributed by atoms with van der Waals surface area (Å²) in [7, 11) is 0. The van der Waals surface area contributed by atoms with E-state index in [1.807, 2.05) is 0 Å². The van der Waals surface area contributed by atoms with Crippen LogP contribution in [0, 0.1) is 0 Å². The summed E-state index contributed by atoms with van der Waals surface area (Å²) in [4.78, 5) is 23.9. The molecule has 2 aromatic carbocycles. The number of rotatable bonds is 4. The summed E-state index contributed by atoms with van der Waals surface area (Å²) >= 11 is 23.5. The van der Waals surface area contributed by atoms with E-state index >= 15 is 0 Å². The number of anilines is 2. The first-order valence-corrected chi connectivity index (χ1v) is 8.06. The van der Waals surface area contributed by atoms with Crippen LogP contribution < -0.4 is 16.4 Å². The van der Waals surface area contributed by atoms with E-state index in [1.165, 1.54) is 30.3 Å². The second kappa shape index (κ2) is 7.94. The topological polar surface area (TPSA) is 84.2 Å². The quantitative estimate of drug-likeness (QED) is 0.663. The van der Waals surface area contributed by atoms with Crippen LogP contribution in [0.5, 0.6) is 0 Å². The van der Waals surface area contributed by atoms with E-state index in [9.17, 15) is 9.59 Å². The Morgan fingerprint density at radius 1 is 0.958 bits per heavy atom. The Hall–Kier alpha value is -1.66. The van der Waals surface area contributed by atoms with Gasteiger partial charge in [-0.25, -0.2) is 0 Å². The largest absolute Gasteiger partial charge is 0.396 e. The Kier molecular flexibility index (Phi) is 6.18. The van der Waals surface area contributed by atoms with Gasteiger partial charge in [-0.1, -0.05) is 46.4 Å². The number of hydrogen-bond acceptors (Lipinski definition) is 3. The first-order chi connectivity index (χ1) is 11.3. The van der Waals surface area contributed by atoms with Crippen molar-refractivity contribution in [3.8, 4) is 0 Å². The molecule has 0 atom stereocenters. The molecular formula is C15H11Cl4N3O2. The summed E-state index contributed by atoms with van der Waals surface area (Å²) < 4.78 is 0. The van der Waals surface area contributed by atoms with Gasteiger partial charge in [-0.3, -0.25) is 9.59 Å². The van der Waals surface area contributed by atoms with Crippen LogP contribution in [-0.4, -0.2) is 18.4 Å². The van der Waals surface area contributed by atoms with E-state index < -0.39 is 11.8 Å². The van der Waals surface area contributed by atoms with Gasteiger partial charge >= 0.3 is 0 Å². The number of carbonyl (C=O) groups excluding carboxylic acids is 2. The van der Waals surface area contributed by atoms with Gasteiger partial charge in [0.2, 0.25) is 5.91 Å². The van der Waals surface area contributed by atoms with E-state index in [1.54, 1.807) is 0 Å². The van der Waals surface area contributed by atoms with E-state index in [-0.39, 0.29) is 32.9 Å². The molecule has 0 aliphatic carbocycles. The summed E-state index contributed by atoms with van der Waals surface area (Å²) in [5, 5.41) is 6.04. The lowest BCUT2D eigenvalue weighted by atomic mass is 10.2. The number of benzene rings is 2. The van der Waals surface area contributed by atoms with E-state index in [4.69, 9.17) is 52.1 Å². The predicted octanol–water partition coefficient (Wildman–Crippen LogP) is 4.25. The van der Waals surface area contributed by atoms with Crippen molar-refractivity contribution in [3.05, 3.63) is 56.0 Å². The molecule has 126 valence electrons. The fourth-order valence-electron chi connectivity index (χ4n) is 1.79. The third kappa shape index (κ3) is 4.68. The Morgan fingerprint density at radius 3 is 2.17 bits per heavy atom. The molecule has 0 aliphatic heterocycles. The zero-order valence-electron chi connectivity index (χ0n) is 12.0. The van der Waals surface area contributed by atoms with Crippen molar-refractivity contribution in [2.45, 2.75) is 0 Å². The number of halogens is 4. The van der Waals surface area contributed by atoms with Crippen LogP contribution in [0.25, 0.3) is 0 Å². The van der Waals surface area contributed by atoms with Crippen molar-refractivity contribution < 1.29 is 9.59 Å². The molecule has 0 radical (unpaired) electrons. The van der Waals surface area contributed by atoms with Crippen molar-refractivity contribution in [1.82, 2.24) is 5.32 Å². The van der Waals surface area contributed by atoms with E-state index in [0.717, 1.165) is 0 Å². The minimum absolute atomic E-state index is 0.192. The molecule has 0 fully saturated rings. The number of nitrogens with one attached hydrogen (secondary N) is 2. The number of amides is 2. The summed E-state index contributed by atoms with van der Waals surface area (Å²) in [6.45, 7) is -0.266. The normalized spacial score (nSPS) is 10.3. The van der Waals surface area contributed by atoms with Crippen LogP contribution in [0.1, 0.15) is 10.4 Å². The van der Waals surface area contributed by atoms with Gasteiger partial charge in [0.1, 0.15) is 0 Å². The van der Waals surface area contributed by atoms with Crippen molar-refractivity contribution >= 4 is 69.6 Å². The zero-order valence-corrected chi connectivity index (χ0v) is 15.0. The minimum Gasteiger partial charge on any atom is -0.396 e. The molecule has 9 heteroatoms. The SMILES string of the molecule is Nc1c(Cl)cc(NC(=O)CNC(=O)c2ccc(Cl)cc2Cl)cc1Cl. The number of hydrogen-bond donors (Lipinski definition) is 3. The minimum atomic E-state index is -0.500. The maximum Gasteiger partial charge on any atom is 0.253 e. The third-order valence-electron chi connectivity index (χ3n) is 2.95. The van der Waals surface area contributed by atoms with Gasteiger partial charge in [0, 0.05) is 10.7 Å². The average Bonchev–Trinajstić information content (AvgIpc) is 2.50. The van der Waals surface area contributed by atoms with Crippen LogP contribution in [0.4, 0.5) is 11.4 Å². The molecule has 2 aromatic rings. The van der Waals surface area contributed by atoms with Crippen LogP contribution in [0.15, 0.2) is 30.3 Å². The molecule has 2 rings (SSSR count). The highest BCUT2D eigenvalue weighted by Gasteiger charge is 2.13. The molecule has 0 heterocycles. The van der Waals surface area contributed by atoms with Crippen LogP contribution in [0.2, 0.25) is 20.1 Å². The lowest BCUT2D eigenvalue weighted by Crippen LogP contribution is -2.33. The van der Waals surface area contributed by atoms with Gasteiger partial charge in [0.15, 0.2) is 0 Å². The lowest BCUT2D eigenvalue weighted by molar-refractivity contribution is -0.115. The summed E-state index contributed by atoms with van der Waals surface area (Å²) in [5.74, 6) is -0.967. The van der Waals surface area contributed by atoms with Crippen LogP contribution in [0.3, 0.4) is 0 Å². The monoisotopic (exact) mass is 405 g/mol. The molecule has 0 spiro atoms. The van der Waals surface area contributed by atoms with Crippen molar-refractivity contribution in [2.24, 2.45) is 0 Å². The Labute approximate surface area is 158 Å². The maximum atomic E-state index is 12.0. The molecule has 0 bridgehead atoms. The summed E-state index contributed by atoms with van der Waals surface area (Å²) in [5.41, 5.74) is 6.42. The van der Waals surface area contributed by atoms with E-state index in [2.05, 4.69) is 10.6 Å². The highest BCUT2D eigenvalue weighted by Crippen LogP contribution is 2.31. The molecule has 0 saturated heterocycles. The van der Waals surface area contributed by atoms with Gasteiger partial charge in [-0.2, -0.15) is 0 Å². The predicted molar refractivity (Wildman–Crippen MR) is 98.3 cm³/mol. The molecule has 5 nitrogen and oxygen atoms in total. The van der Waals surface area contributed by atoms with Gasteiger partial charge in [0.25, 0.3) is 5.91 Å². The van der Waals surface area contributed by atoms with Crippen LogP contribution >= 0.6 is 46.4 Å². The Morgan fingerprint density at radius 2 is 1.58 bits per heavy atom. The molecule has 24 heavy (non-hydrogen) atoms. The van der Waals surface area contributed by atoms with Crippen molar-refractivity contribution in [1.29, 1.82) is 0 Å². The summed E-state index contributed by atoms with van der Waals surface area (Å²) in [6.07, 6.45) is 0. The Balaban J connectivity index is 1.97. The van der Waals surface area contributed by atoms with Gasteiger partial charge in [0.05, 0.1) is 32.9 Å². The smallest absolute Gasteiger partial charge is 0.253 e. The van der Waals surface area contributed by atoms with Crippen molar-refractivity contribution in [3.63, 3.8) is 0 Å². The highest BCUT2D eigenvalue weighted by molar-refractivity contribution is 6.39. The lowest BCUT2D eigenvalue weighted by Gasteiger charge is -2.10. The molecule has 0 aliphatic rings. The Bertz CT molecular complexity index is 788. The fraction of sp³-hybridized carbons (Fsp3) is 0.0667. The highest BCUT2D eigenvalue weighted by atomic mass is 35.5. The second-order valence-corrected chi connectivity index (χ2v) is 6.37. The molecule has 2 amide bonds. The zero-order chi connectivity index (χ0) is 17.9. The molecule has 0 unspecified atom stereocenters. The molecule has 0 saturated carbocycles. The molecular weight excluding hydrogens is 396 g/mol. The first kappa shape index (κ1) is 18.7. The van der Waals surface area contributed by atoms with Gasteiger partial charge in [-0.05, 0) is 30.3 Å². The average molecular weight is 407 g/mol. The molecule has 0 aromatic heterocycles. The number of carbonyl (C=O) groups is 2. The third-order valence-corrected chi connectivity index (χ3v) is 4.12. The van der Waals surface area contributed by atoms with Crippen LogP contribution in [-0.2, 0) is 4.79 Å². The standard InChI is InChI=1S/C15H11Cl4N3O2/c16-7-1-2-9(10(17)3-7)15(24)21-6-13(23)22-8-4-11(18)14(20)12(19)5-8/h1-5H,6,20H2,(H,21,24)(H,22,23). The van der Waals surface area contributed by atoms with E-state index in [0.29, 0.717) is 10.7 Å². The molecule has 4 N–H and O–H groups in total. The maximum absolute atomic E-state index is 12.0. The second-order valence-electron chi connectivity index (χ2n) is 4.71. The number of nitrogens with two attached hydrogens (primary N) is 1. The van der Waals surface area contributed by atoms with Gasteiger partial charge < -0.3 is 16.4 Å². The van der Waals surface area contributed by atoms with Crippen molar-refractivity contribution in [2.75, 3.05) is 17.6 Å². The van der Waals surface area contributed by atoms with Gasteiger partial charge in [-0.15, -0.1) is 0 Å². The first-order valence-electron chi connectivity index (χ1n) is 6.55. The number of nitrogen functional groups attached to an aromatic ring is 1.